The van der Waals surface area contributed by atoms with Crippen LogP contribution in [0.5, 0.6) is 17.2 Å². The maximum atomic E-state index is 13.0. The normalized spacial score (nSPS) is 10.7. The number of rotatable bonds is 10. The van der Waals surface area contributed by atoms with Crippen LogP contribution in [-0.4, -0.2) is 46.5 Å². The van der Waals surface area contributed by atoms with E-state index in [1.807, 2.05) is 0 Å². The van der Waals surface area contributed by atoms with Crippen molar-refractivity contribution >= 4 is 22.9 Å². The number of carbonyl (C=O) groups excluding carboxylic acids is 2. The Kier molecular flexibility index (Phi) is 8.26. The van der Waals surface area contributed by atoms with Crippen molar-refractivity contribution in [3.63, 3.8) is 0 Å². The minimum absolute atomic E-state index is 0.0581. The molecule has 0 aliphatic carbocycles. The molecular weight excluding hydrogens is 444 g/mol. The van der Waals surface area contributed by atoms with E-state index in [2.05, 4.69) is 0 Å². The van der Waals surface area contributed by atoms with Crippen molar-refractivity contribution < 1.29 is 37.7 Å². The summed E-state index contributed by atoms with van der Waals surface area (Å²) < 4.78 is 31.4. The Labute approximate surface area is 196 Å². The first-order valence-electron chi connectivity index (χ1n) is 10.5. The van der Waals surface area contributed by atoms with Gasteiger partial charge in [-0.1, -0.05) is 0 Å². The predicted octanol–water partition coefficient (Wildman–Crippen LogP) is 3.46. The topological polar surface area (TPSA) is 111 Å². The molecule has 0 saturated heterocycles. The highest BCUT2D eigenvalue weighted by molar-refractivity contribution is 5.93. The molecule has 0 spiro atoms. The molecule has 3 rings (SSSR count). The van der Waals surface area contributed by atoms with Gasteiger partial charge in [0.1, 0.15) is 29.4 Å². The van der Waals surface area contributed by atoms with E-state index in [1.165, 1.54) is 45.6 Å². The van der Waals surface area contributed by atoms with Crippen LogP contribution in [0.1, 0.15) is 27.9 Å². The van der Waals surface area contributed by atoms with E-state index in [4.69, 9.17) is 28.1 Å². The van der Waals surface area contributed by atoms with Gasteiger partial charge in [-0.25, -0.2) is 9.59 Å². The molecule has 0 aliphatic rings. The van der Waals surface area contributed by atoms with E-state index < -0.39 is 17.6 Å². The molecule has 0 unspecified atom stereocenters. The summed E-state index contributed by atoms with van der Waals surface area (Å²) in [5, 5.41) is 0.671. The molecule has 0 radical (unpaired) electrons. The van der Waals surface area contributed by atoms with Gasteiger partial charge in [0, 0.05) is 37.1 Å². The molecule has 1 aromatic heterocycles. The molecular formula is C25H26O9. The molecule has 0 N–H and O–H groups in total. The van der Waals surface area contributed by atoms with Gasteiger partial charge in [-0.15, -0.1) is 0 Å². The largest absolute Gasteiger partial charge is 0.497 e. The van der Waals surface area contributed by atoms with Crippen LogP contribution in [-0.2, 0) is 20.7 Å². The summed E-state index contributed by atoms with van der Waals surface area (Å²) in [5.41, 5.74) is 1.23. The Morgan fingerprint density at radius 3 is 2.26 bits per heavy atom. The summed E-state index contributed by atoms with van der Waals surface area (Å²) in [5.74, 6) is -0.0765. The molecule has 0 aliphatic heterocycles. The SMILES string of the molecule is COCCOC(=O)CCc1cc2c(C)cc(=O)oc2cc1OC(=O)c1cc(OC)cc(OC)c1. The minimum Gasteiger partial charge on any atom is -0.497 e. The quantitative estimate of drug-likeness (QED) is 0.190. The molecule has 1 heterocycles. The third-order valence-corrected chi connectivity index (χ3v) is 5.07. The third-order valence-electron chi connectivity index (χ3n) is 5.07. The zero-order chi connectivity index (χ0) is 24.7. The molecule has 34 heavy (non-hydrogen) atoms. The van der Waals surface area contributed by atoms with Crippen LogP contribution in [0.4, 0.5) is 0 Å². The van der Waals surface area contributed by atoms with Gasteiger partial charge in [0.25, 0.3) is 0 Å². The first-order chi connectivity index (χ1) is 16.3. The molecule has 180 valence electrons. The average Bonchev–Trinajstić information content (AvgIpc) is 2.82. The van der Waals surface area contributed by atoms with Crippen molar-refractivity contribution in [3.8, 4) is 17.2 Å². The molecule has 9 nitrogen and oxygen atoms in total. The van der Waals surface area contributed by atoms with E-state index in [0.717, 1.165) is 0 Å². The molecule has 0 atom stereocenters. The van der Waals surface area contributed by atoms with Crippen molar-refractivity contribution in [2.75, 3.05) is 34.5 Å². The van der Waals surface area contributed by atoms with Crippen LogP contribution in [0.2, 0.25) is 0 Å². The first-order valence-corrected chi connectivity index (χ1v) is 10.5. The molecule has 2 aromatic carbocycles. The van der Waals surface area contributed by atoms with Crippen LogP contribution in [0.3, 0.4) is 0 Å². The zero-order valence-electron chi connectivity index (χ0n) is 19.5. The van der Waals surface area contributed by atoms with Gasteiger partial charge in [-0.05, 0) is 42.7 Å². The van der Waals surface area contributed by atoms with E-state index in [1.54, 1.807) is 19.1 Å². The van der Waals surface area contributed by atoms with Gasteiger partial charge in [0.2, 0.25) is 0 Å². The number of carbonyl (C=O) groups is 2. The van der Waals surface area contributed by atoms with Crippen molar-refractivity contribution in [1.82, 2.24) is 0 Å². The predicted molar refractivity (Wildman–Crippen MR) is 123 cm³/mol. The Bertz CT molecular complexity index is 1220. The monoisotopic (exact) mass is 470 g/mol. The smallest absolute Gasteiger partial charge is 0.343 e. The second kappa shape index (κ2) is 11.3. The van der Waals surface area contributed by atoms with E-state index in [-0.39, 0.29) is 36.3 Å². The van der Waals surface area contributed by atoms with Gasteiger partial charge in [-0.2, -0.15) is 0 Å². The van der Waals surface area contributed by atoms with Gasteiger partial charge < -0.3 is 28.1 Å². The lowest BCUT2D eigenvalue weighted by molar-refractivity contribution is -0.144. The molecule has 0 bridgehead atoms. The fraction of sp³-hybridized carbons (Fsp3) is 0.320. The Morgan fingerprint density at radius 2 is 1.62 bits per heavy atom. The van der Waals surface area contributed by atoms with Crippen LogP contribution >= 0.6 is 0 Å². The summed E-state index contributed by atoms with van der Waals surface area (Å²) in [6, 6.07) is 9.26. The van der Waals surface area contributed by atoms with Gasteiger partial charge in [0.05, 0.1) is 26.4 Å². The summed E-state index contributed by atoms with van der Waals surface area (Å²) in [6.07, 6.45) is 0.299. The number of fused-ring (bicyclic) bond motifs is 1. The molecule has 3 aromatic rings. The fourth-order valence-electron chi connectivity index (χ4n) is 3.31. The fourth-order valence-corrected chi connectivity index (χ4v) is 3.31. The number of esters is 2. The summed E-state index contributed by atoms with van der Waals surface area (Å²) in [7, 11) is 4.46. The Hall–Kier alpha value is -3.85. The second-order valence-electron chi connectivity index (χ2n) is 7.41. The van der Waals surface area contributed by atoms with Crippen molar-refractivity contribution in [1.29, 1.82) is 0 Å². The average molecular weight is 470 g/mol. The lowest BCUT2D eigenvalue weighted by Crippen LogP contribution is -2.13. The first kappa shape index (κ1) is 24.8. The van der Waals surface area contributed by atoms with Crippen LogP contribution in [0.25, 0.3) is 11.0 Å². The van der Waals surface area contributed by atoms with Gasteiger partial charge in [0.15, 0.2) is 0 Å². The summed E-state index contributed by atoms with van der Waals surface area (Å²) >= 11 is 0. The van der Waals surface area contributed by atoms with Crippen molar-refractivity contribution in [2.45, 2.75) is 19.8 Å². The molecule has 0 amide bonds. The maximum absolute atomic E-state index is 13.0. The van der Waals surface area contributed by atoms with Crippen LogP contribution < -0.4 is 19.8 Å². The van der Waals surface area contributed by atoms with Crippen LogP contribution in [0, 0.1) is 6.92 Å². The number of hydrogen-bond acceptors (Lipinski definition) is 9. The van der Waals surface area contributed by atoms with E-state index >= 15 is 0 Å². The lowest BCUT2D eigenvalue weighted by Gasteiger charge is -2.13. The Morgan fingerprint density at radius 1 is 0.912 bits per heavy atom. The maximum Gasteiger partial charge on any atom is 0.343 e. The second-order valence-corrected chi connectivity index (χ2v) is 7.41. The van der Waals surface area contributed by atoms with E-state index in [0.29, 0.717) is 34.6 Å². The van der Waals surface area contributed by atoms with Crippen LogP contribution in [0.15, 0.2) is 45.6 Å². The highest BCUT2D eigenvalue weighted by atomic mass is 16.6. The summed E-state index contributed by atoms with van der Waals surface area (Å²) in [6.45, 7) is 2.22. The lowest BCUT2D eigenvalue weighted by atomic mass is 10.0. The summed E-state index contributed by atoms with van der Waals surface area (Å²) in [4.78, 5) is 36.9. The van der Waals surface area contributed by atoms with E-state index in [9.17, 15) is 14.4 Å². The molecule has 0 fully saturated rings. The van der Waals surface area contributed by atoms with Crippen molar-refractivity contribution in [3.05, 3.63) is 63.5 Å². The zero-order valence-corrected chi connectivity index (χ0v) is 19.5. The number of aryl methyl sites for hydroxylation is 2. The number of benzene rings is 2. The van der Waals surface area contributed by atoms with Crippen molar-refractivity contribution in [2.24, 2.45) is 0 Å². The van der Waals surface area contributed by atoms with Gasteiger partial charge in [-0.3, -0.25) is 4.79 Å². The number of hydrogen-bond donors (Lipinski definition) is 0. The highest BCUT2D eigenvalue weighted by Gasteiger charge is 2.18. The number of methoxy groups -OCH3 is 3. The molecule has 9 heteroatoms. The Balaban J connectivity index is 1.94. The minimum atomic E-state index is -0.671. The molecule has 0 saturated carbocycles. The third kappa shape index (κ3) is 6.14. The standard InChI is InChI=1S/C25H26O9/c1-15-9-24(27)33-22-14-21(16(12-20(15)22)5-6-23(26)32-8-7-29-2)34-25(28)17-10-18(30-3)13-19(11-17)31-4/h9-14H,5-8H2,1-4H3. The van der Waals surface area contributed by atoms with Gasteiger partial charge >= 0.3 is 17.6 Å². The number of ether oxygens (including phenoxy) is 5. The highest BCUT2D eigenvalue weighted by Crippen LogP contribution is 2.30.